The first-order chi connectivity index (χ1) is 11.6. The summed E-state index contributed by atoms with van der Waals surface area (Å²) in [4.78, 5) is 4.03. The molecule has 0 saturated carbocycles. The van der Waals surface area contributed by atoms with Gasteiger partial charge in [0.2, 0.25) is 0 Å². The average Bonchev–Trinajstić information content (AvgIpc) is 2.61. The molecule has 1 aliphatic rings. The van der Waals surface area contributed by atoms with Crippen LogP contribution in [0.25, 0.3) is 0 Å². The predicted molar refractivity (Wildman–Crippen MR) is 97.2 cm³/mol. The third kappa shape index (κ3) is 3.65. The van der Waals surface area contributed by atoms with Gasteiger partial charge in [-0.2, -0.15) is 0 Å². The van der Waals surface area contributed by atoms with Gasteiger partial charge < -0.3 is 14.8 Å². The van der Waals surface area contributed by atoms with Gasteiger partial charge in [-0.3, -0.25) is 0 Å². The van der Waals surface area contributed by atoms with Crippen molar-refractivity contribution >= 4 is 17.3 Å². The Morgan fingerprint density at radius 1 is 1.25 bits per heavy atom. The van der Waals surface area contributed by atoms with Gasteiger partial charge in [0.15, 0.2) is 0 Å². The number of aromatic nitrogens is 1. The minimum Gasteiger partial charge on any atom is -0.496 e. The first-order valence-corrected chi connectivity index (χ1v) is 8.59. The summed E-state index contributed by atoms with van der Waals surface area (Å²) in [6.07, 6.45) is 3.63. The first kappa shape index (κ1) is 17.1. The van der Waals surface area contributed by atoms with Gasteiger partial charge in [0.05, 0.1) is 7.11 Å². The quantitative estimate of drug-likeness (QED) is 0.823. The summed E-state index contributed by atoms with van der Waals surface area (Å²) in [7, 11) is 1.73. The van der Waals surface area contributed by atoms with Gasteiger partial charge >= 0.3 is 0 Å². The van der Waals surface area contributed by atoms with Crippen molar-refractivity contribution in [1.82, 2.24) is 4.98 Å². The minimum atomic E-state index is -0.0225. The molecule has 1 fully saturated rings. The standard InChI is InChI=1S/C19H23ClN2O2/c1-14-3-4-17(23-2)16(11-14)19(6-9-24-10-7-19)13-22-15-5-8-21-18(20)12-15/h3-5,8,11-12H,6-7,9-10,13H2,1-2H3,(H,21,22). The zero-order valence-electron chi connectivity index (χ0n) is 14.1. The van der Waals surface area contributed by atoms with Crippen molar-refractivity contribution in [2.24, 2.45) is 0 Å². The molecule has 24 heavy (non-hydrogen) atoms. The van der Waals surface area contributed by atoms with E-state index in [2.05, 4.69) is 35.4 Å². The molecule has 4 nitrogen and oxygen atoms in total. The van der Waals surface area contributed by atoms with E-state index in [4.69, 9.17) is 21.1 Å². The third-order valence-corrected chi connectivity index (χ3v) is 4.94. The third-order valence-electron chi connectivity index (χ3n) is 4.73. The highest BCUT2D eigenvalue weighted by atomic mass is 35.5. The lowest BCUT2D eigenvalue weighted by Crippen LogP contribution is -2.40. The van der Waals surface area contributed by atoms with Gasteiger partial charge in [-0.25, -0.2) is 4.98 Å². The molecule has 0 spiro atoms. The van der Waals surface area contributed by atoms with Crippen LogP contribution in [-0.4, -0.2) is 31.9 Å². The molecule has 0 radical (unpaired) electrons. The topological polar surface area (TPSA) is 43.4 Å². The van der Waals surface area contributed by atoms with Gasteiger partial charge in [-0.15, -0.1) is 0 Å². The van der Waals surface area contributed by atoms with Crippen LogP contribution in [0.1, 0.15) is 24.0 Å². The number of nitrogens with one attached hydrogen (secondary N) is 1. The van der Waals surface area contributed by atoms with E-state index < -0.39 is 0 Å². The highest BCUT2D eigenvalue weighted by molar-refractivity contribution is 6.29. The number of aryl methyl sites for hydroxylation is 1. The number of halogens is 1. The molecule has 2 aromatic rings. The number of ether oxygens (including phenoxy) is 2. The van der Waals surface area contributed by atoms with Crippen LogP contribution < -0.4 is 10.1 Å². The molecule has 0 unspecified atom stereocenters. The number of methoxy groups -OCH3 is 1. The zero-order valence-corrected chi connectivity index (χ0v) is 14.9. The van der Waals surface area contributed by atoms with Crippen molar-refractivity contribution in [1.29, 1.82) is 0 Å². The fraction of sp³-hybridized carbons (Fsp3) is 0.421. The predicted octanol–water partition coefficient (Wildman–Crippen LogP) is 4.21. The highest BCUT2D eigenvalue weighted by Gasteiger charge is 2.36. The van der Waals surface area contributed by atoms with Gasteiger partial charge in [0.1, 0.15) is 10.9 Å². The number of benzene rings is 1. The molecule has 3 rings (SSSR count). The van der Waals surface area contributed by atoms with E-state index in [-0.39, 0.29) is 5.41 Å². The Hall–Kier alpha value is -1.78. The Bertz CT molecular complexity index is 700. The van der Waals surface area contributed by atoms with Crippen LogP contribution in [0.3, 0.4) is 0 Å². The Morgan fingerprint density at radius 2 is 2.04 bits per heavy atom. The largest absolute Gasteiger partial charge is 0.496 e. The van der Waals surface area contributed by atoms with E-state index in [0.717, 1.165) is 44.0 Å². The van der Waals surface area contributed by atoms with Crippen LogP contribution in [0.5, 0.6) is 5.75 Å². The summed E-state index contributed by atoms with van der Waals surface area (Å²) >= 11 is 6.00. The smallest absolute Gasteiger partial charge is 0.131 e. The van der Waals surface area contributed by atoms with E-state index in [1.165, 1.54) is 11.1 Å². The van der Waals surface area contributed by atoms with Crippen LogP contribution in [0.4, 0.5) is 5.69 Å². The van der Waals surface area contributed by atoms with Crippen molar-refractivity contribution in [3.05, 3.63) is 52.8 Å². The summed E-state index contributed by atoms with van der Waals surface area (Å²) < 4.78 is 11.3. The maximum Gasteiger partial charge on any atom is 0.131 e. The van der Waals surface area contributed by atoms with E-state index in [1.54, 1.807) is 13.3 Å². The molecule has 1 N–H and O–H groups in total. The molecule has 5 heteroatoms. The number of anilines is 1. The maximum atomic E-state index is 6.00. The van der Waals surface area contributed by atoms with Crippen LogP contribution >= 0.6 is 11.6 Å². The lowest BCUT2D eigenvalue weighted by Gasteiger charge is -2.39. The Kier molecular flexibility index (Phi) is 5.27. The normalized spacial score (nSPS) is 16.6. The second kappa shape index (κ2) is 7.41. The van der Waals surface area contributed by atoms with Crippen molar-refractivity contribution < 1.29 is 9.47 Å². The van der Waals surface area contributed by atoms with Gasteiger partial charge in [0, 0.05) is 42.6 Å². The molecule has 0 aliphatic carbocycles. The lowest BCUT2D eigenvalue weighted by molar-refractivity contribution is 0.0535. The fourth-order valence-corrected chi connectivity index (χ4v) is 3.50. The molecule has 0 amide bonds. The SMILES string of the molecule is COc1ccc(C)cc1C1(CNc2ccnc(Cl)c2)CCOCC1. The molecule has 1 aromatic carbocycles. The lowest BCUT2D eigenvalue weighted by atomic mass is 9.73. The van der Waals surface area contributed by atoms with Gasteiger partial charge in [0.25, 0.3) is 0 Å². The number of pyridine rings is 1. The summed E-state index contributed by atoms with van der Waals surface area (Å²) in [5.74, 6) is 0.942. The zero-order chi connectivity index (χ0) is 17.0. The fourth-order valence-electron chi connectivity index (χ4n) is 3.32. The monoisotopic (exact) mass is 346 g/mol. The number of hydrogen-bond donors (Lipinski definition) is 1. The molecular formula is C19H23ClN2O2. The first-order valence-electron chi connectivity index (χ1n) is 8.21. The van der Waals surface area contributed by atoms with Crippen LogP contribution in [0.15, 0.2) is 36.5 Å². The van der Waals surface area contributed by atoms with E-state index in [9.17, 15) is 0 Å². The van der Waals surface area contributed by atoms with Gasteiger partial charge in [-0.1, -0.05) is 29.3 Å². The van der Waals surface area contributed by atoms with Crippen molar-refractivity contribution in [2.75, 3.05) is 32.2 Å². The molecule has 1 saturated heterocycles. The van der Waals surface area contributed by atoms with Crippen molar-refractivity contribution in [3.63, 3.8) is 0 Å². The summed E-state index contributed by atoms with van der Waals surface area (Å²) in [5.41, 5.74) is 3.45. The van der Waals surface area contributed by atoms with E-state index >= 15 is 0 Å². The van der Waals surface area contributed by atoms with Crippen LogP contribution in [0.2, 0.25) is 5.15 Å². The highest BCUT2D eigenvalue weighted by Crippen LogP contribution is 2.40. The Labute approximate surface area is 148 Å². The number of rotatable bonds is 5. The number of nitrogens with zero attached hydrogens (tertiary/aromatic N) is 1. The second-order valence-electron chi connectivity index (χ2n) is 6.32. The summed E-state index contributed by atoms with van der Waals surface area (Å²) in [5, 5.41) is 4.02. The molecule has 2 heterocycles. The summed E-state index contributed by atoms with van der Waals surface area (Å²) in [6.45, 7) is 4.44. The van der Waals surface area contributed by atoms with Crippen LogP contribution in [-0.2, 0) is 10.2 Å². The minimum absolute atomic E-state index is 0.0225. The molecule has 1 aliphatic heterocycles. The van der Waals surface area contributed by atoms with Gasteiger partial charge in [-0.05, 0) is 38.0 Å². The van der Waals surface area contributed by atoms with Crippen molar-refractivity contribution in [2.45, 2.75) is 25.2 Å². The second-order valence-corrected chi connectivity index (χ2v) is 6.70. The molecule has 0 bridgehead atoms. The van der Waals surface area contributed by atoms with Crippen LogP contribution in [0, 0.1) is 6.92 Å². The molecule has 0 atom stereocenters. The molecular weight excluding hydrogens is 324 g/mol. The summed E-state index contributed by atoms with van der Waals surface area (Å²) in [6, 6.07) is 10.2. The molecule has 128 valence electrons. The number of hydrogen-bond acceptors (Lipinski definition) is 4. The van der Waals surface area contributed by atoms with E-state index in [1.807, 2.05) is 12.1 Å². The molecule has 1 aromatic heterocycles. The van der Waals surface area contributed by atoms with E-state index in [0.29, 0.717) is 5.15 Å². The Balaban J connectivity index is 1.91. The Morgan fingerprint density at radius 3 is 2.75 bits per heavy atom. The maximum absolute atomic E-state index is 6.00. The average molecular weight is 347 g/mol. The van der Waals surface area contributed by atoms with Crippen molar-refractivity contribution in [3.8, 4) is 5.75 Å².